The molecule has 2 rings (SSSR count). The Labute approximate surface area is 129 Å². The number of pyridine rings is 1. The predicted molar refractivity (Wildman–Crippen MR) is 87.8 cm³/mol. The van der Waals surface area contributed by atoms with Crippen LogP contribution < -0.4 is 10.6 Å². The Morgan fingerprint density at radius 2 is 2.05 bits per heavy atom. The minimum Gasteiger partial charge on any atom is -0.369 e. The van der Waals surface area contributed by atoms with Crippen molar-refractivity contribution < 1.29 is 0 Å². The number of benzene rings is 1. The molecule has 2 aromatic rings. The van der Waals surface area contributed by atoms with Crippen molar-refractivity contribution in [1.29, 1.82) is 0 Å². The lowest BCUT2D eigenvalue weighted by Gasteiger charge is -2.20. The van der Waals surface area contributed by atoms with E-state index in [-0.39, 0.29) is 6.04 Å². The number of aryl methyl sites for hydroxylation is 1. The van der Waals surface area contributed by atoms with Gasteiger partial charge in [-0.05, 0) is 43.7 Å². The summed E-state index contributed by atoms with van der Waals surface area (Å²) in [6.07, 6.45) is 0. The summed E-state index contributed by atoms with van der Waals surface area (Å²) in [4.78, 5) is 6.71. The number of hydrogen-bond acceptors (Lipinski definition) is 3. The maximum Gasteiger partial charge on any atom is 0.0600 e. The van der Waals surface area contributed by atoms with Crippen LogP contribution in [-0.4, -0.2) is 12.0 Å². The molecule has 20 heavy (non-hydrogen) atoms. The minimum absolute atomic E-state index is 0.0298. The van der Waals surface area contributed by atoms with Gasteiger partial charge < -0.3 is 10.6 Å². The van der Waals surface area contributed by atoms with Crippen molar-refractivity contribution in [3.05, 3.63) is 57.8 Å². The first-order valence-electron chi connectivity index (χ1n) is 6.66. The lowest BCUT2D eigenvalue weighted by molar-refractivity contribution is 0.811. The molecule has 0 spiro atoms. The van der Waals surface area contributed by atoms with E-state index in [0.29, 0.717) is 0 Å². The molecule has 1 heterocycles. The first kappa shape index (κ1) is 15.0. The molecule has 0 saturated heterocycles. The zero-order valence-corrected chi connectivity index (χ0v) is 13.7. The second-order valence-corrected chi connectivity index (χ2v) is 5.98. The summed E-state index contributed by atoms with van der Waals surface area (Å²) in [7, 11) is 2.07. The number of nitrogens with zero attached hydrogens (tertiary/aromatic N) is 2. The van der Waals surface area contributed by atoms with Gasteiger partial charge in [-0.3, -0.25) is 4.98 Å². The second-order valence-electron chi connectivity index (χ2n) is 5.12. The predicted octanol–water partition coefficient (Wildman–Crippen LogP) is 3.81. The van der Waals surface area contributed by atoms with Crippen LogP contribution in [-0.2, 0) is 6.54 Å². The Bertz CT molecular complexity index is 596. The summed E-state index contributed by atoms with van der Waals surface area (Å²) in [6, 6.07) is 12.4. The molecular formula is C16H20BrN3. The van der Waals surface area contributed by atoms with Crippen molar-refractivity contribution in [1.82, 2.24) is 4.98 Å². The number of anilines is 1. The van der Waals surface area contributed by atoms with E-state index in [1.807, 2.05) is 26.0 Å². The van der Waals surface area contributed by atoms with Crippen LogP contribution in [0.5, 0.6) is 0 Å². The van der Waals surface area contributed by atoms with Crippen LogP contribution >= 0.6 is 15.9 Å². The van der Waals surface area contributed by atoms with Crippen molar-refractivity contribution in [3.8, 4) is 0 Å². The summed E-state index contributed by atoms with van der Waals surface area (Å²) in [5, 5.41) is 0. The number of halogens is 1. The summed E-state index contributed by atoms with van der Waals surface area (Å²) >= 11 is 3.59. The van der Waals surface area contributed by atoms with E-state index >= 15 is 0 Å². The van der Waals surface area contributed by atoms with Gasteiger partial charge in [0.1, 0.15) is 0 Å². The fourth-order valence-electron chi connectivity index (χ4n) is 2.14. The van der Waals surface area contributed by atoms with Crippen LogP contribution in [0.25, 0.3) is 0 Å². The first-order chi connectivity index (χ1) is 9.47. The standard InChI is InChI=1S/C16H20BrN3/c1-11-5-4-6-13(19-11)10-20(3)14-7-8-15(12(2)18)16(17)9-14/h4-9,12H,10,18H2,1-3H3/t12-/m1/s1. The van der Waals surface area contributed by atoms with E-state index in [1.165, 1.54) is 0 Å². The van der Waals surface area contributed by atoms with Gasteiger partial charge in [-0.1, -0.05) is 28.1 Å². The van der Waals surface area contributed by atoms with Gasteiger partial charge in [0, 0.05) is 28.9 Å². The first-order valence-corrected chi connectivity index (χ1v) is 7.45. The molecule has 1 atom stereocenters. The summed E-state index contributed by atoms with van der Waals surface area (Å²) in [6.45, 7) is 4.78. The summed E-state index contributed by atoms with van der Waals surface area (Å²) < 4.78 is 1.05. The average Bonchev–Trinajstić information content (AvgIpc) is 2.38. The molecule has 3 nitrogen and oxygen atoms in total. The molecule has 1 aromatic heterocycles. The monoisotopic (exact) mass is 333 g/mol. The lowest BCUT2D eigenvalue weighted by atomic mass is 10.1. The van der Waals surface area contributed by atoms with Gasteiger partial charge >= 0.3 is 0 Å². The molecule has 4 heteroatoms. The van der Waals surface area contributed by atoms with Crippen LogP contribution in [0.15, 0.2) is 40.9 Å². The molecule has 1 aromatic carbocycles. The van der Waals surface area contributed by atoms with Crippen molar-refractivity contribution in [2.75, 3.05) is 11.9 Å². The summed E-state index contributed by atoms with van der Waals surface area (Å²) in [5.41, 5.74) is 10.3. The quantitative estimate of drug-likeness (QED) is 0.925. The lowest BCUT2D eigenvalue weighted by Crippen LogP contribution is -2.17. The Morgan fingerprint density at radius 3 is 2.65 bits per heavy atom. The molecule has 2 N–H and O–H groups in total. The third kappa shape index (κ3) is 3.58. The van der Waals surface area contributed by atoms with Gasteiger partial charge in [0.15, 0.2) is 0 Å². The molecule has 0 aliphatic rings. The van der Waals surface area contributed by atoms with E-state index in [0.717, 1.165) is 33.7 Å². The van der Waals surface area contributed by atoms with Gasteiger partial charge in [-0.15, -0.1) is 0 Å². The number of hydrogen-bond donors (Lipinski definition) is 1. The molecule has 0 bridgehead atoms. The van der Waals surface area contributed by atoms with E-state index < -0.39 is 0 Å². The van der Waals surface area contributed by atoms with Crippen molar-refractivity contribution in [2.45, 2.75) is 26.4 Å². The van der Waals surface area contributed by atoms with Crippen LogP contribution in [0.3, 0.4) is 0 Å². The smallest absolute Gasteiger partial charge is 0.0600 e. The number of nitrogens with two attached hydrogens (primary N) is 1. The maximum atomic E-state index is 5.93. The number of rotatable bonds is 4. The highest BCUT2D eigenvalue weighted by atomic mass is 79.9. The zero-order valence-electron chi connectivity index (χ0n) is 12.1. The van der Waals surface area contributed by atoms with Crippen molar-refractivity contribution in [3.63, 3.8) is 0 Å². The topological polar surface area (TPSA) is 42.1 Å². The zero-order chi connectivity index (χ0) is 14.7. The fourth-order valence-corrected chi connectivity index (χ4v) is 2.87. The van der Waals surface area contributed by atoms with Crippen LogP contribution in [0.2, 0.25) is 0 Å². The van der Waals surface area contributed by atoms with Crippen molar-refractivity contribution in [2.24, 2.45) is 5.73 Å². The largest absolute Gasteiger partial charge is 0.369 e. The van der Waals surface area contributed by atoms with E-state index in [9.17, 15) is 0 Å². The minimum atomic E-state index is 0.0298. The van der Waals surface area contributed by atoms with E-state index in [4.69, 9.17) is 5.73 Å². The SMILES string of the molecule is Cc1cccc(CN(C)c2ccc([C@@H](C)N)c(Br)c2)n1. The summed E-state index contributed by atoms with van der Waals surface area (Å²) in [5.74, 6) is 0. The molecule has 0 radical (unpaired) electrons. The van der Waals surface area contributed by atoms with Gasteiger partial charge in [0.25, 0.3) is 0 Å². The van der Waals surface area contributed by atoms with E-state index in [2.05, 4.69) is 57.1 Å². The molecule has 0 saturated carbocycles. The Hall–Kier alpha value is -1.39. The van der Waals surface area contributed by atoms with Gasteiger partial charge in [0.2, 0.25) is 0 Å². The third-order valence-electron chi connectivity index (χ3n) is 3.26. The molecular weight excluding hydrogens is 314 g/mol. The second kappa shape index (κ2) is 6.37. The van der Waals surface area contributed by atoms with Gasteiger partial charge in [-0.2, -0.15) is 0 Å². The third-order valence-corrected chi connectivity index (χ3v) is 3.95. The van der Waals surface area contributed by atoms with Crippen molar-refractivity contribution >= 4 is 21.6 Å². The molecule has 0 fully saturated rings. The Balaban J connectivity index is 2.17. The molecule has 106 valence electrons. The van der Waals surface area contributed by atoms with Crippen LogP contribution in [0.1, 0.15) is 29.9 Å². The van der Waals surface area contributed by atoms with Crippen LogP contribution in [0.4, 0.5) is 5.69 Å². The molecule has 0 unspecified atom stereocenters. The average molecular weight is 334 g/mol. The van der Waals surface area contributed by atoms with E-state index in [1.54, 1.807) is 0 Å². The normalized spacial score (nSPS) is 12.2. The Morgan fingerprint density at radius 1 is 1.30 bits per heavy atom. The highest BCUT2D eigenvalue weighted by Crippen LogP contribution is 2.27. The highest BCUT2D eigenvalue weighted by molar-refractivity contribution is 9.10. The van der Waals surface area contributed by atoms with Crippen LogP contribution in [0, 0.1) is 6.92 Å². The maximum absolute atomic E-state index is 5.93. The van der Waals surface area contributed by atoms with Gasteiger partial charge in [0.05, 0.1) is 12.2 Å². The van der Waals surface area contributed by atoms with Gasteiger partial charge in [-0.25, -0.2) is 0 Å². The Kier molecular flexibility index (Phi) is 4.78. The molecule has 0 aliphatic carbocycles. The number of aromatic nitrogens is 1. The molecule has 0 amide bonds. The fraction of sp³-hybridized carbons (Fsp3) is 0.312. The molecule has 0 aliphatic heterocycles. The highest BCUT2D eigenvalue weighted by Gasteiger charge is 2.09.